The second kappa shape index (κ2) is 10.1. The lowest BCUT2D eigenvalue weighted by molar-refractivity contribution is -0.113. The van der Waals surface area contributed by atoms with Crippen LogP contribution in [0.5, 0.6) is 5.75 Å². The molecule has 0 bridgehead atoms. The van der Waals surface area contributed by atoms with Crippen LogP contribution in [0.15, 0.2) is 66.3 Å². The van der Waals surface area contributed by atoms with E-state index in [1.807, 2.05) is 60.9 Å². The molecular weight excluding hydrogens is 396 g/mol. The molecule has 0 saturated heterocycles. The monoisotopic (exact) mass is 422 g/mol. The van der Waals surface area contributed by atoms with Crippen LogP contribution >= 0.6 is 11.8 Å². The van der Waals surface area contributed by atoms with Crippen LogP contribution in [0.25, 0.3) is 0 Å². The zero-order valence-electron chi connectivity index (χ0n) is 17.5. The fraction of sp³-hybridized carbons (Fsp3) is 0.261. The Bertz CT molecular complexity index is 1020. The summed E-state index contributed by atoms with van der Waals surface area (Å²) in [6.45, 7) is 10.4. The molecule has 6 nitrogen and oxygen atoms in total. The molecule has 1 heterocycles. The maximum absolute atomic E-state index is 12.3. The van der Waals surface area contributed by atoms with E-state index in [1.165, 1.54) is 17.3 Å². The van der Waals surface area contributed by atoms with E-state index in [0.717, 1.165) is 17.0 Å². The summed E-state index contributed by atoms with van der Waals surface area (Å²) in [5.74, 6) is 1.65. The fourth-order valence-corrected chi connectivity index (χ4v) is 3.79. The molecule has 7 heteroatoms. The van der Waals surface area contributed by atoms with Crippen molar-refractivity contribution in [3.63, 3.8) is 0 Å². The summed E-state index contributed by atoms with van der Waals surface area (Å²) in [6.07, 6.45) is 1.48. The number of rotatable bonds is 9. The first-order valence-electron chi connectivity index (χ1n) is 9.73. The van der Waals surface area contributed by atoms with E-state index in [-0.39, 0.29) is 17.8 Å². The second-order valence-corrected chi connectivity index (χ2v) is 7.91. The quantitative estimate of drug-likeness (QED) is 0.390. The number of ether oxygens (including phenoxy) is 1. The largest absolute Gasteiger partial charge is 0.482 e. The highest BCUT2D eigenvalue weighted by Gasteiger charge is 2.20. The number of nitrogens with one attached hydrogen (secondary N) is 1. The van der Waals surface area contributed by atoms with Gasteiger partial charge in [0.15, 0.2) is 17.1 Å². The topological polar surface area (TPSA) is 69.0 Å². The summed E-state index contributed by atoms with van der Waals surface area (Å²) >= 11 is 1.34. The number of benzene rings is 2. The molecule has 156 valence electrons. The third kappa shape index (κ3) is 5.51. The summed E-state index contributed by atoms with van der Waals surface area (Å²) in [7, 11) is 0. The van der Waals surface area contributed by atoms with E-state index in [4.69, 9.17) is 4.74 Å². The van der Waals surface area contributed by atoms with Gasteiger partial charge in [0.2, 0.25) is 5.91 Å². The molecule has 1 aromatic heterocycles. The minimum atomic E-state index is -0.300. The van der Waals surface area contributed by atoms with Crippen molar-refractivity contribution in [3.8, 4) is 5.75 Å². The molecule has 3 aromatic rings. The third-order valence-electron chi connectivity index (χ3n) is 4.44. The normalized spacial score (nSPS) is 11.7. The highest BCUT2D eigenvalue weighted by atomic mass is 32.2. The number of thioether (sulfide) groups is 1. The number of nitrogens with zero attached hydrogens (tertiary/aromatic N) is 3. The van der Waals surface area contributed by atoms with Crippen LogP contribution in [0.3, 0.4) is 0 Å². The van der Waals surface area contributed by atoms with E-state index in [9.17, 15) is 4.79 Å². The lowest BCUT2D eigenvalue weighted by atomic mass is 10.1. The molecule has 1 unspecified atom stereocenters. The van der Waals surface area contributed by atoms with Crippen molar-refractivity contribution in [3.05, 3.63) is 78.1 Å². The molecule has 1 amide bonds. The van der Waals surface area contributed by atoms with Crippen LogP contribution in [-0.2, 0) is 11.3 Å². The van der Waals surface area contributed by atoms with Crippen LogP contribution in [0.1, 0.15) is 30.0 Å². The first kappa shape index (κ1) is 21.6. The Kier molecular flexibility index (Phi) is 7.30. The van der Waals surface area contributed by atoms with Crippen molar-refractivity contribution >= 4 is 23.4 Å². The Morgan fingerprint density at radius 1 is 1.23 bits per heavy atom. The Hall–Kier alpha value is -3.06. The van der Waals surface area contributed by atoms with Gasteiger partial charge in [-0.15, -0.1) is 16.8 Å². The SMILES string of the molecule is C=CCn1c(SCC(=O)Nc2ccccc2)nnc1C(C)Oc1ccc(C)cc1C. The molecule has 2 aromatic carbocycles. The van der Waals surface area contributed by atoms with E-state index in [2.05, 4.69) is 35.1 Å². The van der Waals surface area contributed by atoms with Gasteiger partial charge in [0.25, 0.3) is 0 Å². The first-order valence-corrected chi connectivity index (χ1v) is 10.7. The van der Waals surface area contributed by atoms with Gasteiger partial charge in [-0.1, -0.05) is 53.7 Å². The summed E-state index contributed by atoms with van der Waals surface area (Å²) < 4.78 is 8.08. The van der Waals surface area contributed by atoms with Gasteiger partial charge in [-0.3, -0.25) is 9.36 Å². The van der Waals surface area contributed by atoms with Crippen molar-refractivity contribution < 1.29 is 9.53 Å². The van der Waals surface area contributed by atoms with Crippen molar-refractivity contribution in [2.24, 2.45) is 0 Å². The smallest absolute Gasteiger partial charge is 0.234 e. The number of carbonyl (C=O) groups is 1. The van der Waals surface area contributed by atoms with Crippen LogP contribution in [0, 0.1) is 13.8 Å². The fourth-order valence-electron chi connectivity index (χ4n) is 3.03. The molecule has 1 atom stereocenters. The number of carbonyl (C=O) groups excluding carboxylic acids is 1. The lowest BCUT2D eigenvalue weighted by Gasteiger charge is -2.17. The van der Waals surface area contributed by atoms with Crippen LogP contribution in [0.4, 0.5) is 5.69 Å². The number of anilines is 1. The number of aromatic nitrogens is 3. The van der Waals surface area contributed by atoms with Crippen LogP contribution < -0.4 is 10.1 Å². The zero-order chi connectivity index (χ0) is 21.5. The molecule has 30 heavy (non-hydrogen) atoms. The maximum Gasteiger partial charge on any atom is 0.234 e. The van der Waals surface area contributed by atoms with Gasteiger partial charge in [0.1, 0.15) is 5.75 Å². The predicted octanol–water partition coefficient (Wildman–Crippen LogP) is 4.95. The van der Waals surface area contributed by atoms with Gasteiger partial charge in [0, 0.05) is 12.2 Å². The maximum atomic E-state index is 12.3. The van der Waals surface area contributed by atoms with E-state index in [0.29, 0.717) is 17.5 Å². The van der Waals surface area contributed by atoms with Crippen LogP contribution in [-0.4, -0.2) is 26.4 Å². The van der Waals surface area contributed by atoms with Gasteiger partial charge in [-0.05, 0) is 44.5 Å². The molecule has 0 aliphatic carbocycles. The molecule has 0 fully saturated rings. The average Bonchev–Trinajstić information content (AvgIpc) is 3.12. The molecule has 1 N–H and O–H groups in total. The Morgan fingerprint density at radius 3 is 2.70 bits per heavy atom. The van der Waals surface area contributed by atoms with E-state index in [1.54, 1.807) is 6.08 Å². The lowest BCUT2D eigenvalue weighted by Crippen LogP contribution is -2.15. The van der Waals surface area contributed by atoms with E-state index >= 15 is 0 Å². The summed E-state index contributed by atoms with van der Waals surface area (Å²) in [5.41, 5.74) is 3.03. The van der Waals surface area contributed by atoms with Crippen molar-refractivity contribution in [2.45, 2.75) is 38.6 Å². The van der Waals surface area contributed by atoms with E-state index < -0.39 is 0 Å². The molecule has 0 aliphatic heterocycles. The van der Waals surface area contributed by atoms with Gasteiger partial charge in [0.05, 0.1) is 5.75 Å². The standard InChI is InChI=1S/C23H26N4O2S/c1-5-13-27-22(18(4)29-20-12-11-16(2)14-17(20)3)25-26-23(27)30-15-21(28)24-19-9-7-6-8-10-19/h5-12,14,18H,1,13,15H2,2-4H3,(H,24,28). The average molecular weight is 423 g/mol. The van der Waals surface area contributed by atoms with Crippen molar-refractivity contribution in [1.82, 2.24) is 14.8 Å². The number of hydrogen-bond acceptors (Lipinski definition) is 5. The van der Waals surface area contributed by atoms with Crippen molar-refractivity contribution in [2.75, 3.05) is 11.1 Å². The molecule has 0 aliphatic rings. The molecule has 0 saturated carbocycles. The number of aryl methyl sites for hydroxylation is 2. The molecule has 0 radical (unpaired) electrons. The minimum absolute atomic E-state index is 0.0968. The van der Waals surface area contributed by atoms with Crippen molar-refractivity contribution in [1.29, 1.82) is 0 Å². The molecule has 3 rings (SSSR count). The summed E-state index contributed by atoms with van der Waals surface area (Å²) in [6, 6.07) is 15.5. The Morgan fingerprint density at radius 2 is 2.00 bits per heavy atom. The molecule has 0 spiro atoms. The van der Waals surface area contributed by atoms with Gasteiger partial charge in [-0.2, -0.15) is 0 Å². The highest BCUT2D eigenvalue weighted by Crippen LogP contribution is 2.27. The third-order valence-corrected chi connectivity index (χ3v) is 5.41. The number of allylic oxidation sites excluding steroid dienone is 1. The second-order valence-electron chi connectivity index (χ2n) is 6.97. The van der Waals surface area contributed by atoms with Gasteiger partial charge >= 0.3 is 0 Å². The molecular formula is C23H26N4O2S. The number of hydrogen-bond donors (Lipinski definition) is 1. The first-order chi connectivity index (χ1) is 14.5. The van der Waals surface area contributed by atoms with Gasteiger partial charge < -0.3 is 10.1 Å². The Balaban J connectivity index is 1.69. The Labute approximate surface area is 181 Å². The summed E-state index contributed by atoms with van der Waals surface area (Å²) in [4.78, 5) is 12.3. The highest BCUT2D eigenvalue weighted by molar-refractivity contribution is 7.99. The zero-order valence-corrected chi connectivity index (χ0v) is 18.3. The summed E-state index contributed by atoms with van der Waals surface area (Å²) in [5, 5.41) is 12.1. The predicted molar refractivity (Wildman–Crippen MR) is 121 cm³/mol. The number of amides is 1. The number of para-hydroxylation sites is 1. The van der Waals surface area contributed by atoms with Gasteiger partial charge in [-0.25, -0.2) is 0 Å². The minimum Gasteiger partial charge on any atom is -0.482 e. The van der Waals surface area contributed by atoms with Crippen LogP contribution in [0.2, 0.25) is 0 Å².